The van der Waals surface area contributed by atoms with Gasteiger partial charge in [-0.1, -0.05) is 12.1 Å². The van der Waals surface area contributed by atoms with Crippen molar-refractivity contribution in [2.75, 3.05) is 0 Å². The number of aromatic amines is 1. The molecule has 144 valence electrons. The van der Waals surface area contributed by atoms with Crippen molar-refractivity contribution in [3.63, 3.8) is 0 Å². The van der Waals surface area contributed by atoms with Gasteiger partial charge in [0.2, 0.25) is 10.0 Å². The Morgan fingerprint density at radius 2 is 1.93 bits per heavy atom. The summed E-state index contributed by atoms with van der Waals surface area (Å²) in [6.07, 6.45) is 5.20. The second kappa shape index (κ2) is 7.45. The van der Waals surface area contributed by atoms with E-state index < -0.39 is 14.8 Å². The van der Waals surface area contributed by atoms with Crippen LogP contribution >= 0.6 is 0 Å². The number of nitrogens with zero attached hydrogens (tertiary/aromatic N) is 2. The van der Waals surface area contributed by atoms with E-state index in [1.807, 2.05) is 18.2 Å². The number of nitriles is 1. The minimum absolute atomic E-state index is 0.00721. The average molecular weight is 387 g/mol. The second-order valence-electron chi connectivity index (χ2n) is 8.16. The fourth-order valence-corrected chi connectivity index (χ4v) is 4.36. The summed E-state index contributed by atoms with van der Waals surface area (Å²) in [6.45, 7) is 5.14. The zero-order valence-electron chi connectivity index (χ0n) is 16.0. The summed E-state index contributed by atoms with van der Waals surface area (Å²) in [5.41, 5.74) is 2.47. The van der Waals surface area contributed by atoms with E-state index in [1.165, 1.54) is 0 Å². The van der Waals surface area contributed by atoms with E-state index in [0.717, 1.165) is 42.8 Å². The second-order valence-corrected chi connectivity index (χ2v) is 10.6. The minimum Gasteiger partial charge on any atom is -0.342 e. The predicted octanol–water partition coefficient (Wildman–Crippen LogP) is 3.69. The summed E-state index contributed by atoms with van der Waals surface area (Å²) in [5, 5.41) is 9.05. The zero-order chi connectivity index (χ0) is 19.7. The van der Waals surface area contributed by atoms with Gasteiger partial charge >= 0.3 is 0 Å². The maximum atomic E-state index is 12.3. The van der Waals surface area contributed by atoms with Crippen LogP contribution < -0.4 is 4.72 Å². The van der Waals surface area contributed by atoms with Crippen LogP contribution in [0.5, 0.6) is 0 Å². The SMILES string of the molecule is CC(C)(C)S(=O)(=O)NC1CCC(c2ncc(-c3cccc(C#N)c3)[nH]2)CC1. The highest BCUT2D eigenvalue weighted by Crippen LogP contribution is 2.33. The molecule has 1 heterocycles. The Morgan fingerprint density at radius 1 is 1.22 bits per heavy atom. The molecule has 1 aliphatic carbocycles. The van der Waals surface area contributed by atoms with Crippen LogP contribution in [0.3, 0.4) is 0 Å². The van der Waals surface area contributed by atoms with Crippen LogP contribution in [0.2, 0.25) is 0 Å². The third kappa shape index (κ3) is 4.40. The van der Waals surface area contributed by atoms with Gasteiger partial charge in [-0.25, -0.2) is 18.1 Å². The topological polar surface area (TPSA) is 98.6 Å². The van der Waals surface area contributed by atoms with E-state index in [0.29, 0.717) is 11.5 Å². The van der Waals surface area contributed by atoms with Crippen molar-refractivity contribution in [3.05, 3.63) is 41.9 Å². The highest BCUT2D eigenvalue weighted by atomic mass is 32.2. The molecule has 27 heavy (non-hydrogen) atoms. The van der Waals surface area contributed by atoms with E-state index in [-0.39, 0.29) is 6.04 Å². The first-order valence-electron chi connectivity index (χ1n) is 9.27. The molecule has 0 bridgehead atoms. The summed E-state index contributed by atoms with van der Waals surface area (Å²) in [5.74, 6) is 1.23. The van der Waals surface area contributed by atoms with Crippen LogP contribution in [0.25, 0.3) is 11.3 Å². The Bertz CT molecular complexity index is 943. The van der Waals surface area contributed by atoms with Crippen molar-refractivity contribution in [1.29, 1.82) is 5.26 Å². The van der Waals surface area contributed by atoms with E-state index >= 15 is 0 Å². The Hall–Kier alpha value is -2.17. The molecule has 1 saturated carbocycles. The van der Waals surface area contributed by atoms with Gasteiger partial charge in [0.05, 0.1) is 28.3 Å². The molecule has 0 spiro atoms. The Balaban J connectivity index is 1.64. The maximum absolute atomic E-state index is 12.3. The van der Waals surface area contributed by atoms with Crippen molar-refractivity contribution >= 4 is 10.0 Å². The van der Waals surface area contributed by atoms with Crippen molar-refractivity contribution in [2.45, 2.75) is 63.2 Å². The highest BCUT2D eigenvalue weighted by molar-refractivity contribution is 7.90. The molecule has 1 aliphatic rings. The number of nitrogens with one attached hydrogen (secondary N) is 2. The molecule has 7 heteroatoms. The van der Waals surface area contributed by atoms with Crippen LogP contribution in [0.4, 0.5) is 0 Å². The molecule has 6 nitrogen and oxygen atoms in total. The smallest absolute Gasteiger partial charge is 0.216 e. The lowest BCUT2D eigenvalue weighted by Crippen LogP contribution is -2.45. The first-order valence-corrected chi connectivity index (χ1v) is 10.8. The summed E-state index contributed by atoms with van der Waals surface area (Å²) in [4.78, 5) is 7.91. The van der Waals surface area contributed by atoms with Crippen molar-refractivity contribution in [2.24, 2.45) is 0 Å². The molecule has 0 atom stereocenters. The van der Waals surface area contributed by atoms with Crippen LogP contribution in [0, 0.1) is 11.3 Å². The lowest BCUT2D eigenvalue weighted by atomic mass is 9.86. The molecule has 0 unspecified atom stereocenters. The summed E-state index contributed by atoms with van der Waals surface area (Å²) in [7, 11) is -3.32. The van der Waals surface area contributed by atoms with Gasteiger partial charge in [0.25, 0.3) is 0 Å². The number of rotatable bonds is 4. The van der Waals surface area contributed by atoms with E-state index in [9.17, 15) is 8.42 Å². The lowest BCUT2D eigenvalue weighted by Gasteiger charge is -2.30. The molecule has 3 rings (SSSR count). The van der Waals surface area contributed by atoms with Gasteiger partial charge in [0.15, 0.2) is 0 Å². The fraction of sp³-hybridized carbons (Fsp3) is 0.500. The van der Waals surface area contributed by atoms with Gasteiger partial charge in [0, 0.05) is 17.5 Å². The molecule has 1 aromatic heterocycles. The molecule has 2 aromatic rings. The third-order valence-corrected chi connectivity index (χ3v) is 7.40. The van der Waals surface area contributed by atoms with Gasteiger partial charge in [-0.2, -0.15) is 5.26 Å². The number of H-pyrrole nitrogens is 1. The molecule has 1 fully saturated rings. The van der Waals surface area contributed by atoms with Gasteiger partial charge in [0.1, 0.15) is 5.82 Å². The number of benzene rings is 1. The molecular weight excluding hydrogens is 360 g/mol. The summed E-state index contributed by atoms with van der Waals surface area (Å²) in [6, 6.07) is 9.58. The first-order chi connectivity index (χ1) is 12.7. The molecule has 0 amide bonds. The standard InChI is InChI=1S/C20H26N4O2S/c1-20(2,3)27(25,26)24-17-9-7-15(8-10-17)19-22-13-18(23-19)16-6-4-5-14(11-16)12-21/h4-6,11,13,15,17,24H,7-10H2,1-3H3,(H,22,23). The predicted molar refractivity (Wildman–Crippen MR) is 106 cm³/mol. The van der Waals surface area contributed by atoms with Crippen LogP contribution in [0.15, 0.2) is 30.5 Å². The molecule has 1 aromatic carbocycles. The van der Waals surface area contributed by atoms with Crippen LogP contribution in [-0.2, 0) is 10.0 Å². The van der Waals surface area contributed by atoms with E-state index in [2.05, 4.69) is 20.8 Å². The van der Waals surface area contributed by atoms with Gasteiger partial charge in [-0.15, -0.1) is 0 Å². The van der Waals surface area contributed by atoms with Crippen molar-refractivity contribution in [3.8, 4) is 17.3 Å². The molecule has 2 N–H and O–H groups in total. The Kier molecular flexibility index (Phi) is 5.41. The Morgan fingerprint density at radius 3 is 2.56 bits per heavy atom. The third-order valence-electron chi connectivity index (χ3n) is 5.14. The van der Waals surface area contributed by atoms with Gasteiger partial charge < -0.3 is 4.98 Å². The van der Waals surface area contributed by atoms with E-state index in [4.69, 9.17) is 5.26 Å². The molecule has 0 aliphatic heterocycles. The number of hydrogen-bond acceptors (Lipinski definition) is 4. The average Bonchev–Trinajstić information content (AvgIpc) is 3.11. The number of aromatic nitrogens is 2. The summed E-state index contributed by atoms with van der Waals surface area (Å²) < 4.78 is 26.7. The summed E-state index contributed by atoms with van der Waals surface area (Å²) >= 11 is 0. The largest absolute Gasteiger partial charge is 0.342 e. The fourth-order valence-electron chi connectivity index (χ4n) is 3.33. The quantitative estimate of drug-likeness (QED) is 0.837. The number of imidazole rings is 1. The molecule has 0 saturated heterocycles. The van der Waals surface area contributed by atoms with Crippen molar-refractivity contribution in [1.82, 2.24) is 14.7 Å². The Labute approximate surface area is 161 Å². The number of hydrogen-bond donors (Lipinski definition) is 2. The van der Waals surface area contributed by atoms with Crippen LogP contribution in [0.1, 0.15) is 63.8 Å². The molecule has 0 radical (unpaired) electrons. The highest BCUT2D eigenvalue weighted by Gasteiger charge is 2.33. The van der Waals surface area contributed by atoms with Crippen LogP contribution in [-0.4, -0.2) is 29.2 Å². The normalized spacial score (nSPS) is 21.0. The molecular formula is C20H26N4O2S. The lowest BCUT2D eigenvalue weighted by molar-refractivity contribution is 0.364. The monoisotopic (exact) mass is 386 g/mol. The van der Waals surface area contributed by atoms with Gasteiger partial charge in [-0.3, -0.25) is 0 Å². The zero-order valence-corrected chi connectivity index (χ0v) is 16.8. The minimum atomic E-state index is -3.32. The van der Waals surface area contributed by atoms with Crippen molar-refractivity contribution < 1.29 is 8.42 Å². The maximum Gasteiger partial charge on any atom is 0.216 e. The first kappa shape index (κ1) is 19.6. The van der Waals surface area contributed by atoms with E-state index in [1.54, 1.807) is 33.0 Å². The number of sulfonamides is 1. The van der Waals surface area contributed by atoms with Gasteiger partial charge in [-0.05, 0) is 58.6 Å².